The van der Waals surface area contributed by atoms with Gasteiger partial charge < -0.3 is 11.2 Å². The summed E-state index contributed by atoms with van der Waals surface area (Å²) < 4.78 is 1.30. The first-order valence-corrected chi connectivity index (χ1v) is 8.79. The van der Waals surface area contributed by atoms with Gasteiger partial charge in [-0.25, -0.2) is 9.66 Å². The molecule has 0 saturated heterocycles. The summed E-state index contributed by atoms with van der Waals surface area (Å²) in [5.74, 6) is 6.26. The van der Waals surface area contributed by atoms with E-state index in [2.05, 4.69) is 20.5 Å². The Hall–Kier alpha value is -2.29. The second-order valence-electron chi connectivity index (χ2n) is 4.83. The third-order valence-corrected chi connectivity index (χ3v) is 4.72. The lowest BCUT2D eigenvalue weighted by atomic mass is 10.2. The molecule has 0 saturated carbocycles. The normalized spacial score (nSPS) is 10.6. The molecule has 3 N–H and O–H groups in total. The number of thioether (sulfide) groups is 1. The molecule has 2 heterocycles. The van der Waals surface area contributed by atoms with Gasteiger partial charge in [-0.2, -0.15) is 0 Å². The minimum atomic E-state index is -0.262. The fraction of sp³-hybridized carbons (Fsp3) is 0.0667. The van der Waals surface area contributed by atoms with E-state index in [1.54, 1.807) is 30.5 Å². The molecule has 0 atom stereocenters. The van der Waals surface area contributed by atoms with Crippen molar-refractivity contribution in [3.8, 4) is 11.4 Å². The first-order chi connectivity index (χ1) is 12.1. The predicted octanol–water partition coefficient (Wildman–Crippen LogP) is 3.09. The number of aromatic nitrogens is 4. The van der Waals surface area contributed by atoms with Gasteiger partial charge in [-0.05, 0) is 24.3 Å². The van der Waals surface area contributed by atoms with Gasteiger partial charge >= 0.3 is 0 Å². The fourth-order valence-corrected chi connectivity index (χ4v) is 3.04. The summed E-state index contributed by atoms with van der Waals surface area (Å²) >= 11 is 13.2. The molecule has 3 rings (SSSR count). The molecule has 0 aliphatic rings. The smallest absolute Gasteiger partial charge is 0.234 e. The van der Waals surface area contributed by atoms with Crippen LogP contribution < -0.4 is 11.2 Å². The molecule has 0 aliphatic carbocycles. The lowest BCUT2D eigenvalue weighted by Gasteiger charge is -2.06. The number of nitrogen functional groups attached to an aromatic ring is 1. The van der Waals surface area contributed by atoms with Crippen molar-refractivity contribution < 1.29 is 4.79 Å². The maximum absolute atomic E-state index is 12.0. The summed E-state index contributed by atoms with van der Waals surface area (Å²) in [6.07, 6.45) is 1.54. The number of hydrogen-bond acceptors (Lipinski definition) is 6. The molecule has 1 aromatic carbocycles. The molecule has 10 heteroatoms. The van der Waals surface area contributed by atoms with Crippen molar-refractivity contribution in [3.05, 3.63) is 52.8 Å². The molecular weight excluding hydrogens is 383 g/mol. The minimum Gasteiger partial charge on any atom is -0.335 e. The Balaban J connectivity index is 1.67. The van der Waals surface area contributed by atoms with Gasteiger partial charge in [0.2, 0.25) is 11.1 Å². The zero-order chi connectivity index (χ0) is 17.8. The third kappa shape index (κ3) is 4.04. The average molecular weight is 395 g/mol. The van der Waals surface area contributed by atoms with E-state index in [0.717, 1.165) is 11.8 Å². The highest BCUT2D eigenvalue weighted by atomic mass is 35.5. The van der Waals surface area contributed by atoms with E-state index >= 15 is 0 Å². The minimum absolute atomic E-state index is 0.0864. The molecule has 2 aromatic heterocycles. The van der Waals surface area contributed by atoms with Gasteiger partial charge in [0.05, 0.1) is 16.5 Å². The van der Waals surface area contributed by atoms with E-state index in [-0.39, 0.29) is 16.8 Å². The van der Waals surface area contributed by atoms with Crippen molar-refractivity contribution in [3.63, 3.8) is 0 Å². The highest BCUT2D eigenvalue weighted by Crippen LogP contribution is 2.27. The molecule has 25 heavy (non-hydrogen) atoms. The van der Waals surface area contributed by atoms with Crippen molar-refractivity contribution in [2.75, 3.05) is 16.9 Å². The van der Waals surface area contributed by atoms with Crippen LogP contribution in [0.3, 0.4) is 0 Å². The average Bonchev–Trinajstić information content (AvgIpc) is 2.96. The van der Waals surface area contributed by atoms with Gasteiger partial charge in [-0.15, -0.1) is 10.2 Å². The highest BCUT2D eigenvalue weighted by molar-refractivity contribution is 7.99. The molecule has 0 spiro atoms. The largest absolute Gasteiger partial charge is 0.335 e. The molecule has 0 aliphatic heterocycles. The summed E-state index contributed by atoms with van der Waals surface area (Å²) in [6, 6.07) is 10.5. The summed E-state index contributed by atoms with van der Waals surface area (Å²) in [6.45, 7) is 0. The SMILES string of the molecule is Nn1c(SCC(=O)Nc2cccnc2Cl)nnc1-c1ccccc1Cl. The number of halogens is 2. The monoisotopic (exact) mass is 394 g/mol. The zero-order valence-corrected chi connectivity index (χ0v) is 15.0. The van der Waals surface area contributed by atoms with Gasteiger partial charge in [0.25, 0.3) is 0 Å². The Kier molecular flexibility index (Phi) is 5.42. The summed E-state index contributed by atoms with van der Waals surface area (Å²) in [7, 11) is 0. The number of anilines is 1. The van der Waals surface area contributed by atoms with Crippen molar-refractivity contribution in [2.24, 2.45) is 0 Å². The summed E-state index contributed by atoms with van der Waals surface area (Å²) in [5, 5.41) is 11.9. The zero-order valence-electron chi connectivity index (χ0n) is 12.7. The number of nitrogens with one attached hydrogen (secondary N) is 1. The number of carbonyl (C=O) groups is 1. The lowest BCUT2D eigenvalue weighted by Crippen LogP contribution is -2.16. The van der Waals surface area contributed by atoms with Gasteiger partial charge in [0, 0.05) is 11.8 Å². The quantitative estimate of drug-likeness (QED) is 0.391. The Bertz CT molecular complexity index is 917. The van der Waals surface area contributed by atoms with E-state index < -0.39 is 0 Å². The Morgan fingerprint density at radius 2 is 2.00 bits per heavy atom. The molecule has 0 fully saturated rings. The van der Waals surface area contributed by atoms with Gasteiger partial charge in [-0.3, -0.25) is 4.79 Å². The Labute approximate surface area is 157 Å². The molecule has 7 nitrogen and oxygen atoms in total. The summed E-state index contributed by atoms with van der Waals surface area (Å²) in [5.41, 5.74) is 1.11. The van der Waals surface area contributed by atoms with Crippen molar-refractivity contribution >= 4 is 46.6 Å². The van der Waals surface area contributed by atoms with Crippen LogP contribution in [0.15, 0.2) is 47.8 Å². The van der Waals surface area contributed by atoms with Crippen LogP contribution >= 0.6 is 35.0 Å². The maximum Gasteiger partial charge on any atom is 0.234 e. The van der Waals surface area contributed by atoms with Gasteiger partial charge in [0.1, 0.15) is 0 Å². The molecule has 128 valence electrons. The topological polar surface area (TPSA) is 98.7 Å². The number of amides is 1. The van der Waals surface area contributed by atoms with Crippen LogP contribution in [0.4, 0.5) is 5.69 Å². The van der Waals surface area contributed by atoms with Gasteiger partial charge in [-0.1, -0.05) is 47.1 Å². The number of nitrogens with zero attached hydrogens (tertiary/aromatic N) is 4. The molecule has 1 amide bonds. The van der Waals surface area contributed by atoms with E-state index in [9.17, 15) is 4.79 Å². The van der Waals surface area contributed by atoms with Gasteiger partial charge in [0.15, 0.2) is 11.0 Å². The van der Waals surface area contributed by atoms with Crippen LogP contribution in [0.25, 0.3) is 11.4 Å². The molecule has 0 bridgehead atoms. The Morgan fingerprint density at radius 3 is 2.76 bits per heavy atom. The first kappa shape index (κ1) is 17.5. The number of rotatable bonds is 5. The third-order valence-electron chi connectivity index (χ3n) is 3.14. The molecule has 3 aromatic rings. The highest BCUT2D eigenvalue weighted by Gasteiger charge is 2.16. The number of carbonyl (C=O) groups excluding carboxylic acids is 1. The molecule has 0 radical (unpaired) electrons. The summed E-state index contributed by atoms with van der Waals surface area (Å²) in [4.78, 5) is 15.9. The van der Waals surface area contributed by atoms with E-state index in [4.69, 9.17) is 29.0 Å². The van der Waals surface area contributed by atoms with Crippen LogP contribution in [-0.4, -0.2) is 31.5 Å². The fourth-order valence-electron chi connectivity index (χ4n) is 2.00. The van der Waals surface area contributed by atoms with E-state index in [1.165, 1.54) is 4.68 Å². The molecule has 0 unspecified atom stereocenters. The number of pyridine rings is 1. The van der Waals surface area contributed by atoms with Crippen LogP contribution in [0, 0.1) is 0 Å². The number of nitrogens with two attached hydrogens (primary N) is 1. The van der Waals surface area contributed by atoms with Crippen LogP contribution in [-0.2, 0) is 4.79 Å². The lowest BCUT2D eigenvalue weighted by molar-refractivity contribution is -0.113. The standard InChI is InChI=1S/C15H12Cl2N6OS/c16-10-5-2-1-4-9(10)14-21-22-15(23(14)18)25-8-12(24)20-11-6-3-7-19-13(11)17/h1-7H,8,18H2,(H,20,24). The van der Waals surface area contributed by atoms with Crippen molar-refractivity contribution in [1.82, 2.24) is 19.9 Å². The van der Waals surface area contributed by atoms with Crippen LogP contribution in [0.5, 0.6) is 0 Å². The van der Waals surface area contributed by atoms with Crippen molar-refractivity contribution in [1.29, 1.82) is 0 Å². The Morgan fingerprint density at radius 1 is 1.20 bits per heavy atom. The maximum atomic E-state index is 12.0. The van der Waals surface area contributed by atoms with Crippen molar-refractivity contribution in [2.45, 2.75) is 5.16 Å². The predicted molar refractivity (Wildman–Crippen MR) is 99.2 cm³/mol. The van der Waals surface area contributed by atoms with E-state index in [1.807, 2.05) is 12.1 Å². The second-order valence-corrected chi connectivity index (χ2v) is 6.54. The molecular formula is C15H12Cl2N6OS. The second kappa shape index (κ2) is 7.73. The van der Waals surface area contributed by atoms with Crippen LogP contribution in [0.2, 0.25) is 10.2 Å². The number of benzene rings is 1. The van der Waals surface area contributed by atoms with Crippen LogP contribution in [0.1, 0.15) is 0 Å². The number of hydrogen-bond donors (Lipinski definition) is 2. The first-order valence-electron chi connectivity index (χ1n) is 7.05. The van der Waals surface area contributed by atoms with E-state index in [0.29, 0.717) is 27.3 Å².